The summed E-state index contributed by atoms with van der Waals surface area (Å²) in [5.41, 5.74) is 1.14. The molecule has 90 valence electrons. The van der Waals surface area contributed by atoms with Crippen LogP contribution in [0.3, 0.4) is 0 Å². The molecule has 1 heterocycles. The Morgan fingerprint density at radius 3 is 2.67 bits per heavy atom. The van der Waals surface area contributed by atoms with Crippen molar-refractivity contribution < 1.29 is 4.74 Å². The molecule has 1 aromatic carbocycles. The summed E-state index contributed by atoms with van der Waals surface area (Å²) in [6.07, 6.45) is 0. The maximum absolute atomic E-state index is 8.98. The summed E-state index contributed by atoms with van der Waals surface area (Å²) in [5.74, 6) is 0.768. The fraction of sp³-hybridized carbons (Fsp3) is 0.231. The van der Waals surface area contributed by atoms with Gasteiger partial charge >= 0.3 is 0 Å². The summed E-state index contributed by atoms with van der Waals surface area (Å²) in [5, 5.41) is 18.7. The fourth-order valence-electron chi connectivity index (χ4n) is 1.81. The van der Waals surface area contributed by atoms with Crippen LogP contribution in [-0.4, -0.2) is 13.7 Å². The highest BCUT2D eigenvalue weighted by molar-refractivity contribution is 8.03. The first-order chi connectivity index (χ1) is 8.74. The smallest absolute Gasteiger partial charge is 0.160 e. The van der Waals surface area contributed by atoms with Gasteiger partial charge in [0.15, 0.2) is 5.57 Å². The molecule has 0 saturated carbocycles. The van der Waals surface area contributed by atoms with Gasteiger partial charge in [-0.05, 0) is 19.1 Å². The van der Waals surface area contributed by atoms with Crippen LogP contribution in [0.1, 0.15) is 6.92 Å². The van der Waals surface area contributed by atoms with Crippen LogP contribution in [0.25, 0.3) is 0 Å². The Morgan fingerprint density at radius 1 is 1.39 bits per heavy atom. The average molecular weight is 257 g/mol. The third-order valence-electron chi connectivity index (χ3n) is 2.66. The van der Waals surface area contributed by atoms with Crippen LogP contribution in [0.2, 0.25) is 0 Å². The van der Waals surface area contributed by atoms with Crippen molar-refractivity contribution in [3.63, 3.8) is 0 Å². The van der Waals surface area contributed by atoms with E-state index in [-0.39, 0.29) is 5.57 Å². The Kier molecular flexibility index (Phi) is 3.45. The van der Waals surface area contributed by atoms with Crippen molar-refractivity contribution in [3.8, 4) is 17.9 Å². The molecule has 0 spiro atoms. The van der Waals surface area contributed by atoms with Crippen LogP contribution in [0.5, 0.6) is 5.75 Å². The molecular weight excluding hydrogens is 246 g/mol. The third kappa shape index (κ3) is 1.90. The highest BCUT2D eigenvalue weighted by atomic mass is 32.2. The molecular formula is C13H11N3OS. The lowest BCUT2D eigenvalue weighted by Crippen LogP contribution is -2.17. The lowest BCUT2D eigenvalue weighted by molar-refractivity contribution is 0.414. The second kappa shape index (κ2) is 5.03. The molecule has 1 aliphatic rings. The second-order valence-corrected chi connectivity index (χ2v) is 4.61. The number of ether oxygens (including phenoxy) is 1. The van der Waals surface area contributed by atoms with Crippen molar-refractivity contribution in [2.75, 3.05) is 18.6 Å². The number of fused-ring (bicyclic) bond motifs is 1. The van der Waals surface area contributed by atoms with Crippen LogP contribution >= 0.6 is 11.8 Å². The van der Waals surface area contributed by atoms with Crippen molar-refractivity contribution in [2.45, 2.75) is 11.8 Å². The molecule has 0 amide bonds. The summed E-state index contributed by atoms with van der Waals surface area (Å²) in [7, 11) is 1.62. The standard InChI is InChI=1S/C13H11N3OS/c1-3-16-11-6-10(17-2)4-5-12(11)18-13(16)9(7-14)8-15/h4-6H,3H2,1-2H3. The molecule has 18 heavy (non-hydrogen) atoms. The lowest BCUT2D eigenvalue weighted by atomic mass is 10.2. The van der Waals surface area contributed by atoms with Crippen molar-refractivity contribution in [1.82, 2.24) is 0 Å². The maximum atomic E-state index is 8.98. The minimum absolute atomic E-state index is 0.150. The van der Waals surface area contributed by atoms with E-state index >= 15 is 0 Å². The molecule has 0 unspecified atom stereocenters. The van der Waals surface area contributed by atoms with Crippen molar-refractivity contribution in [1.29, 1.82) is 10.5 Å². The highest BCUT2D eigenvalue weighted by Crippen LogP contribution is 2.48. The largest absolute Gasteiger partial charge is 0.497 e. The average Bonchev–Trinajstić information content (AvgIpc) is 2.77. The van der Waals surface area contributed by atoms with Gasteiger partial charge in [-0.1, -0.05) is 11.8 Å². The van der Waals surface area contributed by atoms with Crippen LogP contribution < -0.4 is 9.64 Å². The normalized spacial score (nSPS) is 12.7. The number of benzene rings is 1. The molecule has 5 heteroatoms. The summed E-state index contributed by atoms with van der Waals surface area (Å²) in [6, 6.07) is 9.64. The van der Waals surface area contributed by atoms with E-state index < -0.39 is 0 Å². The van der Waals surface area contributed by atoms with Gasteiger partial charge in [-0.3, -0.25) is 0 Å². The molecule has 1 aliphatic heterocycles. The predicted octanol–water partition coefficient (Wildman–Crippen LogP) is 2.89. The minimum Gasteiger partial charge on any atom is -0.497 e. The molecule has 0 aromatic heterocycles. The Bertz CT molecular complexity index is 579. The highest BCUT2D eigenvalue weighted by Gasteiger charge is 2.27. The zero-order chi connectivity index (χ0) is 13.1. The third-order valence-corrected chi connectivity index (χ3v) is 3.85. The molecule has 2 rings (SSSR count). The summed E-state index contributed by atoms with van der Waals surface area (Å²) in [4.78, 5) is 3.00. The number of thioether (sulfide) groups is 1. The second-order valence-electron chi connectivity index (χ2n) is 3.58. The van der Waals surface area contributed by atoms with Crippen molar-refractivity contribution in [2.24, 2.45) is 0 Å². The Balaban J connectivity index is 2.55. The first-order valence-electron chi connectivity index (χ1n) is 5.43. The van der Waals surface area contributed by atoms with E-state index in [2.05, 4.69) is 0 Å². The quantitative estimate of drug-likeness (QED) is 0.762. The minimum atomic E-state index is 0.150. The number of hydrogen-bond donors (Lipinski definition) is 0. The zero-order valence-corrected chi connectivity index (χ0v) is 10.9. The predicted molar refractivity (Wildman–Crippen MR) is 70.1 cm³/mol. The first-order valence-corrected chi connectivity index (χ1v) is 6.24. The van der Waals surface area contributed by atoms with E-state index in [1.807, 2.05) is 42.2 Å². The van der Waals surface area contributed by atoms with Gasteiger partial charge in [0.05, 0.1) is 12.8 Å². The Labute approximate surface area is 110 Å². The van der Waals surface area contributed by atoms with Gasteiger partial charge in [0, 0.05) is 17.5 Å². The fourth-order valence-corrected chi connectivity index (χ4v) is 2.96. The first kappa shape index (κ1) is 12.3. The Hall–Kier alpha value is -2.11. The van der Waals surface area contributed by atoms with Crippen LogP contribution in [0.4, 0.5) is 5.69 Å². The van der Waals surface area contributed by atoms with Crippen LogP contribution in [0, 0.1) is 22.7 Å². The van der Waals surface area contributed by atoms with E-state index in [4.69, 9.17) is 15.3 Å². The lowest BCUT2D eigenvalue weighted by Gasteiger charge is -2.18. The maximum Gasteiger partial charge on any atom is 0.160 e. The SMILES string of the molecule is CCN1C(=C(C#N)C#N)Sc2ccc(OC)cc21. The number of rotatable bonds is 2. The molecule has 0 bridgehead atoms. The molecule has 0 atom stereocenters. The number of methoxy groups -OCH3 is 1. The van der Waals surface area contributed by atoms with Gasteiger partial charge in [0.2, 0.25) is 0 Å². The molecule has 0 saturated heterocycles. The van der Waals surface area contributed by atoms with E-state index in [1.165, 1.54) is 11.8 Å². The van der Waals surface area contributed by atoms with E-state index in [0.717, 1.165) is 16.3 Å². The molecule has 1 aromatic rings. The summed E-state index contributed by atoms with van der Waals surface area (Å²) in [6.45, 7) is 2.69. The summed E-state index contributed by atoms with van der Waals surface area (Å²) < 4.78 is 5.20. The van der Waals surface area contributed by atoms with Gasteiger partial charge in [-0.15, -0.1) is 0 Å². The number of nitriles is 2. The molecule has 0 N–H and O–H groups in total. The van der Waals surface area contributed by atoms with Gasteiger partial charge in [0.1, 0.15) is 22.9 Å². The van der Waals surface area contributed by atoms with Gasteiger partial charge in [-0.2, -0.15) is 10.5 Å². The molecule has 0 fully saturated rings. The van der Waals surface area contributed by atoms with Gasteiger partial charge in [-0.25, -0.2) is 0 Å². The van der Waals surface area contributed by atoms with Crippen LogP contribution in [-0.2, 0) is 0 Å². The monoisotopic (exact) mass is 257 g/mol. The number of hydrogen-bond acceptors (Lipinski definition) is 5. The van der Waals surface area contributed by atoms with Gasteiger partial charge in [0.25, 0.3) is 0 Å². The summed E-state index contributed by atoms with van der Waals surface area (Å²) >= 11 is 1.45. The zero-order valence-electron chi connectivity index (χ0n) is 10.1. The Morgan fingerprint density at radius 2 is 2.11 bits per heavy atom. The van der Waals surface area contributed by atoms with Crippen molar-refractivity contribution >= 4 is 17.4 Å². The van der Waals surface area contributed by atoms with E-state index in [1.54, 1.807) is 7.11 Å². The van der Waals surface area contributed by atoms with Gasteiger partial charge < -0.3 is 9.64 Å². The van der Waals surface area contributed by atoms with E-state index in [9.17, 15) is 0 Å². The molecule has 0 radical (unpaired) electrons. The van der Waals surface area contributed by atoms with Crippen molar-refractivity contribution in [3.05, 3.63) is 28.8 Å². The number of allylic oxidation sites excluding steroid dienone is 1. The molecule has 0 aliphatic carbocycles. The number of anilines is 1. The molecule has 4 nitrogen and oxygen atoms in total. The van der Waals surface area contributed by atoms with Crippen LogP contribution in [0.15, 0.2) is 33.7 Å². The van der Waals surface area contributed by atoms with E-state index in [0.29, 0.717) is 11.6 Å². The topological polar surface area (TPSA) is 60.0 Å². The number of nitrogens with zero attached hydrogens (tertiary/aromatic N) is 3.